The van der Waals surface area contributed by atoms with E-state index in [1.54, 1.807) is 6.07 Å². The summed E-state index contributed by atoms with van der Waals surface area (Å²) in [6.07, 6.45) is 2.34. The van der Waals surface area contributed by atoms with Gasteiger partial charge in [0.2, 0.25) is 0 Å². The predicted octanol–water partition coefficient (Wildman–Crippen LogP) is 4.80. The number of hydrogen-bond donors (Lipinski definition) is 0. The van der Waals surface area contributed by atoms with Crippen LogP contribution in [0.4, 0.5) is 0 Å². The lowest BCUT2D eigenvalue weighted by Gasteiger charge is -2.13. The maximum atomic E-state index is 6.34. The first kappa shape index (κ1) is 15.1. The van der Waals surface area contributed by atoms with Gasteiger partial charge < -0.3 is 4.74 Å². The van der Waals surface area contributed by atoms with E-state index >= 15 is 0 Å². The molecule has 2 aromatic rings. The molecule has 0 bridgehead atoms. The van der Waals surface area contributed by atoms with E-state index in [1.165, 1.54) is 6.33 Å². The van der Waals surface area contributed by atoms with Gasteiger partial charge in [0.25, 0.3) is 0 Å². The van der Waals surface area contributed by atoms with Crippen LogP contribution in [0.5, 0.6) is 5.75 Å². The molecule has 106 valence electrons. The van der Waals surface area contributed by atoms with E-state index in [0.29, 0.717) is 21.5 Å². The first-order valence-corrected chi connectivity index (χ1v) is 7.24. The molecule has 2 rings (SSSR count). The summed E-state index contributed by atoms with van der Waals surface area (Å²) in [5.74, 6) is 0.631. The highest BCUT2D eigenvalue weighted by atomic mass is 35.5. The minimum absolute atomic E-state index is 0.0508. The second-order valence-electron chi connectivity index (χ2n) is 4.65. The van der Waals surface area contributed by atoms with Crippen molar-refractivity contribution in [3.05, 3.63) is 40.3 Å². The topological polar surface area (TPSA) is 35.0 Å². The normalized spacial score (nSPS) is 10.9. The monoisotopic (exact) mass is 310 g/mol. The molecule has 0 fully saturated rings. The number of aromatic nitrogens is 2. The van der Waals surface area contributed by atoms with Crippen molar-refractivity contribution in [1.82, 2.24) is 9.97 Å². The van der Waals surface area contributed by atoms with Crippen molar-refractivity contribution in [1.29, 1.82) is 0 Å². The van der Waals surface area contributed by atoms with Crippen LogP contribution in [0.3, 0.4) is 0 Å². The van der Waals surface area contributed by atoms with Gasteiger partial charge in [-0.3, -0.25) is 0 Å². The summed E-state index contributed by atoms with van der Waals surface area (Å²) in [6, 6.07) is 5.53. The van der Waals surface area contributed by atoms with Crippen LogP contribution in [0.1, 0.15) is 26.5 Å². The number of aryl methyl sites for hydroxylation is 1. The Kier molecular flexibility index (Phi) is 4.84. The Morgan fingerprint density at radius 2 is 1.95 bits per heavy atom. The summed E-state index contributed by atoms with van der Waals surface area (Å²) in [7, 11) is 0. The van der Waals surface area contributed by atoms with E-state index in [0.717, 1.165) is 17.7 Å². The maximum Gasteiger partial charge on any atom is 0.138 e. The molecule has 3 nitrogen and oxygen atoms in total. The number of rotatable bonds is 4. The van der Waals surface area contributed by atoms with E-state index < -0.39 is 0 Å². The van der Waals surface area contributed by atoms with Crippen molar-refractivity contribution in [2.75, 3.05) is 0 Å². The van der Waals surface area contributed by atoms with E-state index in [-0.39, 0.29) is 6.10 Å². The van der Waals surface area contributed by atoms with Crippen molar-refractivity contribution in [2.24, 2.45) is 0 Å². The second kappa shape index (κ2) is 6.42. The molecule has 0 aliphatic rings. The molecule has 0 unspecified atom stereocenters. The minimum atomic E-state index is 0.0508. The molecule has 0 saturated carbocycles. The minimum Gasteiger partial charge on any atom is -0.489 e. The van der Waals surface area contributed by atoms with Gasteiger partial charge in [-0.05, 0) is 32.4 Å². The Bertz CT molecular complexity index is 615. The van der Waals surface area contributed by atoms with Gasteiger partial charge >= 0.3 is 0 Å². The molecule has 0 radical (unpaired) electrons. The van der Waals surface area contributed by atoms with Crippen molar-refractivity contribution in [3.63, 3.8) is 0 Å². The van der Waals surface area contributed by atoms with Crippen molar-refractivity contribution in [2.45, 2.75) is 33.3 Å². The molecule has 0 saturated heterocycles. The highest BCUT2D eigenvalue weighted by molar-refractivity contribution is 6.34. The molecule has 0 N–H and O–H groups in total. The second-order valence-corrected chi connectivity index (χ2v) is 5.43. The lowest BCUT2D eigenvalue weighted by atomic mass is 10.1. The van der Waals surface area contributed by atoms with Crippen molar-refractivity contribution < 1.29 is 4.74 Å². The Morgan fingerprint density at radius 1 is 1.20 bits per heavy atom. The van der Waals surface area contributed by atoms with Gasteiger partial charge in [-0.25, -0.2) is 9.97 Å². The van der Waals surface area contributed by atoms with Gasteiger partial charge in [0.1, 0.15) is 12.1 Å². The van der Waals surface area contributed by atoms with Crippen molar-refractivity contribution >= 4 is 23.2 Å². The molecule has 20 heavy (non-hydrogen) atoms. The number of benzene rings is 1. The quantitative estimate of drug-likeness (QED) is 0.813. The molecule has 5 heteroatoms. The van der Waals surface area contributed by atoms with E-state index in [1.807, 2.05) is 32.9 Å². The van der Waals surface area contributed by atoms with E-state index in [2.05, 4.69) is 9.97 Å². The summed E-state index contributed by atoms with van der Waals surface area (Å²) in [6.45, 7) is 5.92. The van der Waals surface area contributed by atoms with Gasteiger partial charge in [-0.2, -0.15) is 0 Å². The van der Waals surface area contributed by atoms with Crippen LogP contribution in [0.25, 0.3) is 11.3 Å². The Hall–Kier alpha value is -1.32. The Morgan fingerprint density at radius 3 is 2.60 bits per heavy atom. The van der Waals surface area contributed by atoms with E-state index in [4.69, 9.17) is 27.9 Å². The largest absolute Gasteiger partial charge is 0.489 e. The number of halogens is 2. The fourth-order valence-electron chi connectivity index (χ4n) is 1.85. The summed E-state index contributed by atoms with van der Waals surface area (Å²) in [4.78, 5) is 8.44. The van der Waals surface area contributed by atoms with Crippen LogP contribution in [0.15, 0.2) is 24.5 Å². The SMILES string of the molecule is CCc1ncnc(-c2ccc(Cl)c(OC(C)C)c2)c1Cl. The summed E-state index contributed by atoms with van der Waals surface area (Å²) < 4.78 is 5.69. The lowest BCUT2D eigenvalue weighted by Crippen LogP contribution is -2.06. The molecule has 0 aliphatic heterocycles. The molecule has 1 aromatic carbocycles. The Balaban J connectivity index is 2.48. The van der Waals surface area contributed by atoms with Gasteiger partial charge in [0, 0.05) is 5.56 Å². The van der Waals surface area contributed by atoms with Crippen LogP contribution < -0.4 is 4.74 Å². The van der Waals surface area contributed by atoms with Gasteiger partial charge in [0.05, 0.1) is 27.5 Å². The van der Waals surface area contributed by atoms with Crippen LogP contribution in [-0.2, 0) is 6.42 Å². The standard InChI is InChI=1S/C15H16Cl2N2O/c1-4-12-14(17)15(19-8-18-12)10-5-6-11(16)13(7-10)20-9(2)3/h5-9H,4H2,1-3H3. The summed E-state index contributed by atoms with van der Waals surface area (Å²) in [5.41, 5.74) is 2.40. The average molecular weight is 311 g/mol. The zero-order valence-corrected chi connectivity index (χ0v) is 13.2. The lowest BCUT2D eigenvalue weighted by molar-refractivity contribution is 0.242. The number of ether oxygens (including phenoxy) is 1. The fraction of sp³-hybridized carbons (Fsp3) is 0.333. The first-order valence-electron chi connectivity index (χ1n) is 6.48. The van der Waals surface area contributed by atoms with Gasteiger partial charge in [-0.15, -0.1) is 0 Å². The molecule has 0 aliphatic carbocycles. The van der Waals surface area contributed by atoms with E-state index in [9.17, 15) is 0 Å². The third kappa shape index (κ3) is 3.22. The highest BCUT2D eigenvalue weighted by Gasteiger charge is 2.12. The predicted molar refractivity (Wildman–Crippen MR) is 82.6 cm³/mol. The zero-order valence-electron chi connectivity index (χ0n) is 11.7. The molecular weight excluding hydrogens is 295 g/mol. The number of hydrogen-bond acceptors (Lipinski definition) is 3. The molecule has 0 atom stereocenters. The van der Waals surface area contributed by atoms with Gasteiger partial charge in [0.15, 0.2) is 0 Å². The summed E-state index contributed by atoms with van der Waals surface area (Å²) >= 11 is 12.5. The molecule has 1 aromatic heterocycles. The average Bonchev–Trinajstić information content (AvgIpc) is 2.41. The fourth-order valence-corrected chi connectivity index (χ4v) is 2.35. The Labute approximate surface area is 128 Å². The molecule has 0 amide bonds. The van der Waals surface area contributed by atoms with Crippen LogP contribution in [0.2, 0.25) is 10.0 Å². The van der Waals surface area contributed by atoms with Gasteiger partial charge in [-0.1, -0.05) is 36.2 Å². The van der Waals surface area contributed by atoms with Crippen molar-refractivity contribution in [3.8, 4) is 17.0 Å². The van der Waals surface area contributed by atoms with Crippen LogP contribution in [-0.4, -0.2) is 16.1 Å². The summed E-state index contributed by atoms with van der Waals surface area (Å²) in [5, 5.41) is 1.15. The molecule has 0 spiro atoms. The zero-order chi connectivity index (χ0) is 14.7. The highest BCUT2D eigenvalue weighted by Crippen LogP contribution is 2.34. The van der Waals surface area contributed by atoms with Crippen LogP contribution >= 0.6 is 23.2 Å². The van der Waals surface area contributed by atoms with Crippen LogP contribution in [0, 0.1) is 0 Å². The maximum absolute atomic E-state index is 6.34. The first-order chi connectivity index (χ1) is 9.52. The molecular formula is C15H16Cl2N2O. The molecule has 1 heterocycles. The number of nitrogens with zero attached hydrogens (tertiary/aromatic N) is 2. The third-order valence-electron chi connectivity index (χ3n) is 2.76. The smallest absolute Gasteiger partial charge is 0.138 e. The third-order valence-corrected chi connectivity index (χ3v) is 3.47.